The van der Waals surface area contributed by atoms with Crippen LogP contribution in [0, 0.1) is 0 Å². The van der Waals surface area contributed by atoms with E-state index in [-0.39, 0.29) is 24.2 Å². The van der Waals surface area contributed by atoms with E-state index in [1.165, 1.54) is 11.3 Å². The Kier molecular flexibility index (Phi) is 6.99. The maximum absolute atomic E-state index is 12.7. The molecule has 7 heteroatoms. The van der Waals surface area contributed by atoms with E-state index in [4.69, 9.17) is 5.73 Å². The quantitative estimate of drug-likeness (QED) is 0.891. The lowest BCUT2D eigenvalue weighted by Crippen LogP contribution is -2.37. The van der Waals surface area contributed by atoms with Crippen LogP contribution in [-0.2, 0) is 6.54 Å². The van der Waals surface area contributed by atoms with Gasteiger partial charge in [-0.2, -0.15) is 11.3 Å². The molecule has 1 aliphatic rings. The zero-order valence-corrected chi connectivity index (χ0v) is 15.5. The number of carbonyl (C=O) groups is 2. The number of rotatable bonds is 3. The van der Waals surface area contributed by atoms with Gasteiger partial charge in [-0.1, -0.05) is 12.1 Å². The second-order valence-electron chi connectivity index (χ2n) is 5.85. The highest BCUT2D eigenvalue weighted by molar-refractivity contribution is 7.08. The second-order valence-corrected chi connectivity index (χ2v) is 6.63. The van der Waals surface area contributed by atoms with Crippen LogP contribution in [0.1, 0.15) is 32.7 Å². The van der Waals surface area contributed by atoms with E-state index in [0.717, 1.165) is 17.5 Å². The van der Waals surface area contributed by atoms with E-state index >= 15 is 0 Å². The first-order valence-corrected chi connectivity index (χ1v) is 9.03. The van der Waals surface area contributed by atoms with Crippen molar-refractivity contribution in [2.75, 3.05) is 26.2 Å². The molecular formula is C18H22ClN3O2S. The molecule has 1 aliphatic heterocycles. The summed E-state index contributed by atoms with van der Waals surface area (Å²) in [7, 11) is 0. The van der Waals surface area contributed by atoms with Crippen molar-refractivity contribution in [3.05, 3.63) is 57.8 Å². The van der Waals surface area contributed by atoms with Gasteiger partial charge >= 0.3 is 0 Å². The molecule has 0 bridgehead atoms. The minimum absolute atomic E-state index is 0. The zero-order chi connectivity index (χ0) is 16.9. The van der Waals surface area contributed by atoms with Gasteiger partial charge in [0.05, 0.1) is 5.56 Å². The Hall–Kier alpha value is -1.89. The summed E-state index contributed by atoms with van der Waals surface area (Å²) in [5.74, 6) is 0.0706. The van der Waals surface area contributed by atoms with Gasteiger partial charge in [-0.15, -0.1) is 12.4 Å². The number of hydrogen-bond acceptors (Lipinski definition) is 4. The third-order valence-electron chi connectivity index (χ3n) is 4.28. The van der Waals surface area contributed by atoms with Gasteiger partial charge < -0.3 is 15.5 Å². The third-order valence-corrected chi connectivity index (χ3v) is 4.96. The van der Waals surface area contributed by atoms with E-state index in [2.05, 4.69) is 0 Å². The molecule has 2 amide bonds. The van der Waals surface area contributed by atoms with Gasteiger partial charge in [-0.05, 0) is 35.6 Å². The summed E-state index contributed by atoms with van der Waals surface area (Å²) in [4.78, 5) is 28.8. The highest BCUT2D eigenvalue weighted by Crippen LogP contribution is 2.14. The van der Waals surface area contributed by atoms with Crippen LogP contribution in [-0.4, -0.2) is 47.8 Å². The monoisotopic (exact) mass is 379 g/mol. The molecule has 0 atom stereocenters. The van der Waals surface area contributed by atoms with Gasteiger partial charge in [-0.25, -0.2) is 0 Å². The molecule has 5 nitrogen and oxygen atoms in total. The molecule has 0 unspecified atom stereocenters. The number of hydrogen-bond donors (Lipinski definition) is 1. The van der Waals surface area contributed by atoms with Crippen LogP contribution in [0.3, 0.4) is 0 Å². The highest BCUT2D eigenvalue weighted by atomic mass is 35.5. The van der Waals surface area contributed by atoms with Crippen molar-refractivity contribution in [1.29, 1.82) is 0 Å². The lowest BCUT2D eigenvalue weighted by Gasteiger charge is -2.22. The summed E-state index contributed by atoms with van der Waals surface area (Å²) < 4.78 is 0. The Morgan fingerprint density at radius 2 is 1.52 bits per heavy atom. The number of thiophene rings is 1. The maximum atomic E-state index is 12.7. The molecule has 0 radical (unpaired) electrons. The average Bonchev–Trinajstić information content (AvgIpc) is 3.05. The van der Waals surface area contributed by atoms with Gasteiger partial charge in [0.2, 0.25) is 0 Å². The number of amides is 2. The molecule has 3 rings (SSSR count). The van der Waals surface area contributed by atoms with Crippen molar-refractivity contribution >= 4 is 35.6 Å². The molecule has 2 aromatic rings. The number of benzene rings is 1. The molecule has 1 saturated heterocycles. The lowest BCUT2D eigenvalue weighted by atomic mass is 10.1. The van der Waals surface area contributed by atoms with Crippen LogP contribution >= 0.6 is 23.7 Å². The first-order valence-electron chi connectivity index (χ1n) is 8.09. The van der Waals surface area contributed by atoms with Gasteiger partial charge in [-0.3, -0.25) is 9.59 Å². The fraction of sp³-hybridized carbons (Fsp3) is 0.333. The zero-order valence-electron chi connectivity index (χ0n) is 13.9. The van der Waals surface area contributed by atoms with Crippen LogP contribution in [0.2, 0.25) is 0 Å². The van der Waals surface area contributed by atoms with Crippen molar-refractivity contribution in [2.45, 2.75) is 13.0 Å². The van der Waals surface area contributed by atoms with Gasteiger partial charge in [0.25, 0.3) is 11.8 Å². The fourth-order valence-corrected chi connectivity index (χ4v) is 3.49. The van der Waals surface area contributed by atoms with Gasteiger partial charge in [0.15, 0.2) is 0 Å². The molecule has 1 fully saturated rings. The Bertz CT molecular complexity index is 704. The smallest absolute Gasteiger partial charge is 0.254 e. The molecular weight excluding hydrogens is 358 g/mol. The first kappa shape index (κ1) is 19.4. The average molecular weight is 380 g/mol. The van der Waals surface area contributed by atoms with Crippen molar-refractivity contribution in [2.24, 2.45) is 5.73 Å². The highest BCUT2D eigenvalue weighted by Gasteiger charge is 2.23. The van der Waals surface area contributed by atoms with E-state index in [9.17, 15) is 9.59 Å². The van der Waals surface area contributed by atoms with Crippen molar-refractivity contribution in [3.8, 4) is 0 Å². The molecule has 0 aliphatic carbocycles. The number of nitrogens with two attached hydrogens (primary N) is 1. The Morgan fingerprint density at radius 1 is 0.920 bits per heavy atom. The number of nitrogens with zero attached hydrogens (tertiary/aromatic N) is 2. The van der Waals surface area contributed by atoms with Crippen molar-refractivity contribution in [3.63, 3.8) is 0 Å². The summed E-state index contributed by atoms with van der Waals surface area (Å²) in [6.07, 6.45) is 0.794. The first-order chi connectivity index (χ1) is 11.7. The third kappa shape index (κ3) is 4.60. The van der Waals surface area contributed by atoms with Crippen LogP contribution < -0.4 is 5.73 Å². The standard InChI is InChI=1S/C18H21N3O2S.ClH/c19-12-14-2-4-15(5-3-14)17(22)20-7-1-8-21(10-9-20)18(23)16-6-11-24-13-16;/h2-6,11,13H,1,7-10,12,19H2;1H. The van der Waals surface area contributed by atoms with Crippen LogP contribution in [0.4, 0.5) is 0 Å². The Balaban J connectivity index is 0.00000225. The van der Waals surface area contributed by atoms with Crippen LogP contribution in [0.5, 0.6) is 0 Å². The van der Waals surface area contributed by atoms with Gasteiger partial charge in [0.1, 0.15) is 0 Å². The van der Waals surface area contributed by atoms with Crippen molar-refractivity contribution in [1.82, 2.24) is 9.80 Å². The number of carbonyl (C=O) groups excluding carboxylic acids is 2. The predicted octanol–water partition coefficient (Wildman–Crippen LogP) is 2.62. The van der Waals surface area contributed by atoms with Crippen molar-refractivity contribution < 1.29 is 9.59 Å². The largest absolute Gasteiger partial charge is 0.337 e. The summed E-state index contributed by atoms with van der Waals surface area (Å²) in [5, 5.41) is 3.78. The van der Waals surface area contributed by atoms with E-state index < -0.39 is 0 Å². The molecule has 0 spiro atoms. The molecule has 2 N–H and O–H groups in total. The Labute approximate surface area is 157 Å². The second kappa shape index (κ2) is 8.99. The van der Waals surface area contributed by atoms with E-state index in [1.807, 2.05) is 50.9 Å². The number of halogens is 1. The molecule has 25 heavy (non-hydrogen) atoms. The van der Waals surface area contributed by atoms with E-state index in [0.29, 0.717) is 38.3 Å². The molecule has 1 aromatic carbocycles. The summed E-state index contributed by atoms with van der Waals surface area (Å²) in [5.41, 5.74) is 8.00. The van der Waals surface area contributed by atoms with Crippen LogP contribution in [0.25, 0.3) is 0 Å². The van der Waals surface area contributed by atoms with Crippen LogP contribution in [0.15, 0.2) is 41.1 Å². The minimum atomic E-state index is 0. The summed E-state index contributed by atoms with van der Waals surface area (Å²) >= 11 is 1.52. The molecule has 1 aromatic heterocycles. The maximum Gasteiger partial charge on any atom is 0.254 e. The lowest BCUT2D eigenvalue weighted by molar-refractivity contribution is 0.0719. The summed E-state index contributed by atoms with van der Waals surface area (Å²) in [6, 6.07) is 9.27. The Morgan fingerprint density at radius 3 is 2.04 bits per heavy atom. The molecule has 134 valence electrons. The molecule has 2 heterocycles. The topological polar surface area (TPSA) is 66.6 Å². The van der Waals surface area contributed by atoms with E-state index in [1.54, 1.807) is 0 Å². The fourth-order valence-electron chi connectivity index (χ4n) is 2.86. The van der Waals surface area contributed by atoms with Gasteiger partial charge in [0, 0.05) is 43.7 Å². The molecule has 0 saturated carbocycles. The normalized spacial score (nSPS) is 14.6. The predicted molar refractivity (Wildman–Crippen MR) is 102 cm³/mol. The SMILES string of the molecule is Cl.NCc1ccc(C(=O)N2CCCN(C(=O)c3ccsc3)CC2)cc1. The minimum Gasteiger partial charge on any atom is -0.337 e. The summed E-state index contributed by atoms with van der Waals surface area (Å²) in [6.45, 7) is 2.96.